The first-order valence-corrected chi connectivity index (χ1v) is 7.88. The van der Waals surface area contributed by atoms with Gasteiger partial charge in [0.25, 0.3) is 5.79 Å². The van der Waals surface area contributed by atoms with Gasteiger partial charge in [-0.1, -0.05) is 36.4 Å². The fourth-order valence-corrected chi connectivity index (χ4v) is 2.64. The van der Waals surface area contributed by atoms with Gasteiger partial charge in [-0.3, -0.25) is 0 Å². The third kappa shape index (κ3) is 3.49. The summed E-state index contributed by atoms with van der Waals surface area (Å²) in [7, 11) is 0. The predicted octanol–water partition coefficient (Wildman–Crippen LogP) is 3.27. The molecule has 6 nitrogen and oxygen atoms in total. The van der Waals surface area contributed by atoms with E-state index in [4.69, 9.17) is 9.47 Å². The number of hydrogen-bond acceptors (Lipinski definition) is 5. The summed E-state index contributed by atoms with van der Waals surface area (Å²) < 4.78 is 10.2. The van der Waals surface area contributed by atoms with Crippen LogP contribution in [0.2, 0.25) is 0 Å². The van der Waals surface area contributed by atoms with Gasteiger partial charge in [-0.05, 0) is 34.9 Å². The van der Waals surface area contributed by atoms with E-state index in [0.29, 0.717) is 16.7 Å². The Morgan fingerprint density at radius 2 is 1.65 bits per heavy atom. The maximum Gasteiger partial charge on any atom is 0.348 e. The third-order valence-corrected chi connectivity index (χ3v) is 3.80. The molecule has 1 aliphatic rings. The molecule has 1 N–H and O–H groups in total. The molecule has 1 aliphatic heterocycles. The zero-order valence-electron chi connectivity index (χ0n) is 14.2. The van der Waals surface area contributed by atoms with Crippen LogP contribution in [0, 0.1) is 0 Å². The van der Waals surface area contributed by atoms with Gasteiger partial charge in [-0.2, -0.15) is 0 Å². The molecule has 2 aromatic carbocycles. The van der Waals surface area contributed by atoms with E-state index in [1.807, 2.05) is 0 Å². The lowest BCUT2D eigenvalue weighted by Crippen LogP contribution is -2.41. The number of aromatic carboxylic acids is 1. The van der Waals surface area contributed by atoms with Crippen molar-refractivity contribution in [1.82, 2.24) is 0 Å². The molecule has 0 atom stereocenters. The molecule has 0 amide bonds. The van der Waals surface area contributed by atoms with Crippen LogP contribution in [-0.2, 0) is 19.1 Å². The molecule has 26 heavy (non-hydrogen) atoms. The lowest BCUT2D eigenvalue weighted by molar-refractivity contribution is -0.222. The zero-order chi connectivity index (χ0) is 18.9. The first-order valence-electron chi connectivity index (χ1n) is 7.88. The monoisotopic (exact) mass is 352 g/mol. The van der Waals surface area contributed by atoms with Crippen LogP contribution in [0.3, 0.4) is 0 Å². The maximum absolute atomic E-state index is 12.1. The van der Waals surface area contributed by atoms with Crippen molar-refractivity contribution in [2.75, 3.05) is 0 Å². The molecule has 0 bridgehead atoms. The SMILES string of the molecule is CC1(C)OC(=O)C(=Cc2ccccc2-c2cccc(C(=O)O)c2)C(=O)O1. The smallest absolute Gasteiger partial charge is 0.348 e. The van der Waals surface area contributed by atoms with Crippen molar-refractivity contribution in [3.63, 3.8) is 0 Å². The molecule has 3 rings (SSSR count). The minimum Gasteiger partial charge on any atom is -0.478 e. The van der Waals surface area contributed by atoms with Crippen LogP contribution >= 0.6 is 0 Å². The Morgan fingerprint density at radius 3 is 2.31 bits per heavy atom. The number of hydrogen-bond donors (Lipinski definition) is 1. The molecule has 0 unspecified atom stereocenters. The minimum absolute atomic E-state index is 0.142. The Labute approximate surface area is 149 Å². The summed E-state index contributed by atoms with van der Waals surface area (Å²) in [5.74, 6) is -3.87. The van der Waals surface area contributed by atoms with Crippen molar-refractivity contribution < 1.29 is 29.0 Å². The number of carbonyl (C=O) groups excluding carboxylic acids is 2. The molecule has 2 aromatic rings. The van der Waals surface area contributed by atoms with Gasteiger partial charge in [0.15, 0.2) is 0 Å². The highest BCUT2D eigenvalue weighted by Gasteiger charge is 2.38. The highest BCUT2D eigenvalue weighted by molar-refractivity contribution is 6.19. The lowest BCUT2D eigenvalue weighted by Gasteiger charge is -2.29. The number of benzene rings is 2. The van der Waals surface area contributed by atoms with Crippen LogP contribution in [0.5, 0.6) is 0 Å². The first kappa shape index (κ1) is 17.4. The number of esters is 2. The molecule has 0 aliphatic carbocycles. The Kier molecular flexibility index (Phi) is 4.34. The second-order valence-corrected chi connectivity index (χ2v) is 6.21. The average Bonchev–Trinajstić information content (AvgIpc) is 2.58. The summed E-state index contributed by atoms with van der Waals surface area (Å²) in [6.45, 7) is 2.95. The van der Waals surface area contributed by atoms with Gasteiger partial charge in [0, 0.05) is 13.8 Å². The van der Waals surface area contributed by atoms with Crippen LogP contribution in [0.15, 0.2) is 54.1 Å². The van der Waals surface area contributed by atoms with E-state index in [1.54, 1.807) is 36.4 Å². The standard InChI is InChI=1S/C20H16O6/c1-20(2)25-18(23)16(19(24)26-20)11-13-6-3-4-9-15(13)12-7-5-8-14(10-12)17(21)22/h3-11H,1-2H3,(H,21,22). The van der Waals surface area contributed by atoms with Crippen molar-refractivity contribution in [1.29, 1.82) is 0 Å². The van der Waals surface area contributed by atoms with Crippen LogP contribution in [0.4, 0.5) is 0 Å². The van der Waals surface area contributed by atoms with Crippen molar-refractivity contribution in [2.24, 2.45) is 0 Å². The fourth-order valence-electron chi connectivity index (χ4n) is 2.64. The molecule has 1 saturated heterocycles. The predicted molar refractivity (Wildman–Crippen MR) is 93.1 cm³/mol. The highest BCUT2D eigenvalue weighted by atomic mass is 16.7. The fraction of sp³-hybridized carbons (Fsp3) is 0.150. The minimum atomic E-state index is -1.30. The Hall–Kier alpha value is -3.41. The van der Waals surface area contributed by atoms with Crippen LogP contribution in [0.25, 0.3) is 17.2 Å². The summed E-state index contributed by atoms with van der Waals surface area (Å²) >= 11 is 0. The largest absolute Gasteiger partial charge is 0.478 e. The average molecular weight is 352 g/mol. The van der Waals surface area contributed by atoms with Crippen molar-refractivity contribution >= 4 is 24.0 Å². The molecule has 0 saturated carbocycles. The van der Waals surface area contributed by atoms with Gasteiger partial charge in [-0.15, -0.1) is 0 Å². The van der Waals surface area contributed by atoms with Gasteiger partial charge >= 0.3 is 17.9 Å². The number of ether oxygens (including phenoxy) is 2. The molecule has 0 spiro atoms. The number of carboxylic acids is 1. The van der Waals surface area contributed by atoms with E-state index in [9.17, 15) is 19.5 Å². The Balaban J connectivity index is 2.06. The highest BCUT2D eigenvalue weighted by Crippen LogP contribution is 2.29. The zero-order valence-corrected chi connectivity index (χ0v) is 14.2. The Morgan fingerprint density at radius 1 is 1.00 bits per heavy atom. The van der Waals surface area contributed by atoms with Gasteiger partial charge in [0.2, 0.25) is 0 Å². The molecule has 1 fully saturated rings. The number of carbonyl (C=O) groups is 3. The third-order valence-electron chi connectivity index (χ3n) is 3.80. The first-order chi connectivity index (χ1) is 12.3. The molecule has 1 heterocycles. The van der Waals surface area contributed by atoms with E-state index >= 15 is 0 Å². The maximum atomic E-state index is 12.1. The van der Waals surface area contributed by atoms with Gasteiger partial charge in [0.05, 0.1) is 5.56 Å². The van der Waals surface area contributed by atoms with Crippen LogP contribution < -0.4 is 0 Å². The Bertz CT molecular complexity index is 917. The van der Waals surface area contributed by atoms with Crippen molar-refractivity contribution in [3.8, 4) is 11.1 Å². The number of rotatable bonds is 3. The second kappa shape index (κ2) is 6.48. The van der Waals surface area contributed by atoms with E-state index in [2.05, 4.69) is 0 Å². The van der Waals surface area contributed by atoms with E-state index < -0.39 is 23.7 Å². The summed E-state index contributed by atoms with van der Waals surface area (Å²) in [6, 6.07) is 13.4. The number of carboxylic acid groups (broad SMARTS) is 1. The van der Waals surface area contributed by atoms with E-state index in [-0.39, 0.29) is 11.1 Å². The van der Waals surface area contributed by atoms with E-state index in [1.165, 1.54) is 32.1 Å². The normalized spacial score (nSPS) is 15.8. The van der Waals surface area contributed by atoms with Gasteiger partial charge in [0.1, 0.15) is 5.57 Å². The van der Waals surface area contributed by atoms with Crippen LogP contribution in [-0.4, -0.2) is 28.8 Å². The summed E-state index contributed by atoms with van der Waals surface area (Å²) in [5.41, 5.74) is 1.82. The van der Waals surface area contributed by atoms with Crippen molar-refractivity contribution in [3.05, 3.63) is 65.2 Å². The number of cyclic esters (lactones) is 2. The summed E-state index contributed by atoms with van der Waals surface area (Å²) in [6.07, 6.45) is 1.39. The molecule has 6 heteroatoms. The van der Waals surface area contributed by atoms with E-state index in [0.717, 1.165) is 0 Å². The lowest BCUT2D eigenvalue weighted by atomic mass is 9.96. The van der Waals surface area contributed by atoms with Crippen LogP contribution in [0.1, 0.15) is 29.8 Å². The molecular formula is C20H16O6. The van der Waals surface area contributed by atoms with Crippen molar-refractivity contribution in [2.45, 2.75) is 19.6 Å². The van der Waals surface area contributed by atoms with Gasteiger partial charge in [-0.25, -0.2) is 14.4 Å². The molecule has 0 aromatic heterocycles. The topological polar surface area (TPSA) is 89.9 Å². The molecule has 0 radical (unpaired) electrons. The summed E-state index contributed by atoms with van der Waals surface area (Å²) in [4.78, 5) is 35.5. The summed E-state index contributed by atoms with van der Waals surface area (Å²) in [5, 5.41) is 9.17. The molecular weight excluding hydrogens is 336 g/mol. The molecule has 132 valence electrons. The van der Waals surface area contributed by atoms with Gasteiger partial charge < -0.3 is 14.6 Å². The quantitative estimate of drug-likeness (QED) is 0.518. The second-order valence-electron chi connectivity index (χ2n) is 6.21.